The number of hydrogen-bond acceptors (Lipinski definition) is 13. The second-order valence-corrected chi connectivity index (χ2v) is 15.1. The van der Waals surface area contributed by atoms with Crippen LogP contribution in [-0.2, 0) is 20.9 Å². The van der Waals surface area contributed by atoms with Crippen LogP contribution in [0.15, 0.2) is 97.6 Å². The van der Waals surface area contributed by atoms with Crippen molar-refractivity contribution in [3.8, 4) is 17.2 Å². The van der Waals surface area contributed by atoms with E-state index in [4.69, 9.17) is 34.5 Å². The molecule has 4 N–H and O–H groups in total. The SMILES string of the molecule is C=CC(=O)OCCCCCCCCCCOc1ccccc1.CCCCCCCCOc1cc(N)c(C(=O)Oc2ccc(COC(=O)c3cc(C(=O)O)ccc3C(=O)O)cc2)cc1[N+](=O)[O-]. The molecule has 4 aromatic carbocycles. The Bertz CT molecular complexity index is 2190. The first-order valence-electron chi connectivity index (χ1n) is 22.1. The van der Waals surface area contributed by atoms with Crippen molar-refractivity contribution in [2.75, 3.05) is 25.6 Å². The maximum absolute atomic E-state index is 12.8. The fraction of sp³-hybridized carbons (Fsp3) is 0.380. The number of hydrogen-bond donors (Lipinski definition) is 3. The van der Waals surface area contributed by atoms with Crippen molar-refractivity contribution >= 4 is 41.2 Å². The van der Waals surface area contributed by atoms with Gasteiger partial charge in [-0.3, -0.25) is 10.1 Å². The largest absolute Gasteiger partial charge is 0.494 e. The minimum atomic E-state index is -1.43. The Morgan fingerprint density at radius 3 is 1.80 bits per heavy atom. The third-order valence-electron chi connectivity index (χ3n) is 9.99. The van der Waals surface area contributed by atoms with Gasteiger partial charge in [0.2, 0.25) is 0 Å². The number of benzene rings is 4. The summed E-state index contributed by atoms with van der Waals surface area (Å²) in [6.07, 6.45) is 16.8. The molecule has 0 atom stereocenters. The maximum atomic E-state index is 12.8. The van der Waals surface area contributed by atoms with E-state index in [0.29, 0.717) is 12.2 Å². The van der Waals surface area contributed by atoms with Gasteiger partial charge in [0.05, 0.1) is 52.7 Å². The quantitative estimate of drug-likeness (QED) is 0.00872. The Hall–Kier alpha value is -7.23. The molecule has 0 fully saturated rings. The number of carboxylic acid groups (broad SMARTS) is 2. The van der Waals surface area contributed by atoms with E-state index in [2.05, 4.69) is 13.5 Å². The Labute approximate surface area is 384 Å². The van der Waals surface area contributed by atoms with Crippen LogP contribution in [0, 0.1) is 10.1 Å². The van der Waals surface area contributed by atoms with Gasteiger partial charge in [-0.25, -0.2) is 24.0 Å². The highest BCUT2D eigenvalue weighted by Gasteiger charge is 2.24. The number of unbranched alkanes of at least 4 members (excludes halogenated alkanes) is 12. The number of ether oxygens (including phenoxy) is 5. The van der Waals surface area contributed by atoms with E-state index in [1.54, 1.807) is 0 Å². The fourth-order valence-corrected chi connectivity index (χ4v) is 6.36. The monoisotopic (exact) mass is 912 g/mol. The summed E-state index contributed by atoms with van der Waals surface area (Å²) in [6, 6.07) is 20.9. The fourth-order valence-electron chi connectivity index (χ4n) is 6.36. The number of esters is 3. The Balaban J connectivity index is 0.000000440. The molecule has 0 saturated carbocycles. The zero-order chi connectivity index (χ0) is 48.1. The van der Waals surface area contributed by atoms with Crippen molar-refractivity contribution in [1.82, 2.24) is 0 Å². The molecule has 354 valence electrons. The second kappa shape index (κ2) is 30.0. The first kappa shape index (κ1) is 53.1. The summed E-state index contributed by atoms with van der Waals surface area (Å²) in [5, 5.41) is 30.1. The summed E-state index contributed by atoms with van der Waals surface area (Å²) >= 11 is 0. The normalized spacial score (nSPS) is 10.4. The van der Waals surface area contributed by atoms with Crippen LogP contribution >= 0.6 is 0 Å². The van der Waals surface area contributed by atoms with Crippen molar-refractivity contribution in [1.29, 1.82) is 0 Å². The predicted octanol–water partition coefficient (Wildman–Crippen LogP) is 10.8. The number of aromatic carboxylic acids is 2. The van der Waals surface area contributed by atoms with Crippen LogP contribution < -0.4 is 19.9 Å². The van der Waals surface area contributed by atoms with Crippen LogP contribution in [0.5, 0.6) is 17.2 Å². The molecule has 0 aliphatic rings. The highest BCUT2D eigenvalue weighted by molar-refractivity contribution is 6.04. The van der Waals surface area contributed by atoms with Gasteiger partial charge in [-0.15, -0.1) is 0 Å². The minimum absolute atomic E-state index is 0.0401. The van der Waals surface area contributed by atoms with Crippen LogP contribution in [-0.4, -0.2) is 64.8 Å². The van der Waals surface area contributed by atoms with Gasteiger partial charge in [0.25, 0.3) is 0 Å². The summed E-state index contributed by atoms with van der Waals surface area (Å²) < 4.78 is 26.6. The molecule has 4 aromatic rings. The van der Waals surface area contributed by atoms with Crippen LogP contribution in [0.4, 0.5) is 11.4 Å². The molecule has 0 amide bonds. The lowest BCUT2D eigenvalue weighted by molar-refractivity contribution is -0.385. The summed E-state index contributed by atoms with van der Waals surface area (Å²) in [5.41, 5.74) is 4.61. The van der Waals surface area contributed by atoms with Crippen LogP contribution in [0.2, 0.25) is 0 Å². The first-order valence-corrected chi connectivity index (χ1v) is 22.1. The number of anilines is 1. The van der Waals surface area contributed by atoms with Gasteiger partial charge < -0.3 is 39.6 Å². The topological polar surface area (TPSA) is 241 Å². The molecular weight excluding hydrogens is 853 g/mol. The molecule has 0 saturated heterocycles. The van der Waals surface area contributed by atoms with E-state index in [1.807, 2.05) is 30.3 Å². The van der Waals surface area contributed by atoms with E-state index in [-0.39, 0.29) is 47.5 Å². The molecule has 4 rings (SSSR count). The van der Waals surface area contributed by atoms with Crippen molar-refractivity contribution in [2.45, 2.75) is 103 Å². The lowest BCUT2D eigenvalue weighted by atomic mass is 10.0. The third kappa shape index (κ3) is 19.7. The van der Waals surface area contributed by atoms with Gasteiger partial charge in [-0.05, 0) is 67.3 Å². The van der Waals surface area contributed by atoms with Gasteiger partial charge in [0.1, 0.15) is 18.1 Å². The summed E-state index contributed by atoms with van der Waals surface area (Å²) in [4.78, 5) is 69.8. The average Bonchev–Trinajstić information content (AvgIpc) is 3.31. The zero-order valence-corrected chi connectivity index (χ0v) is 37.4. The molecule has 16 heteroatoms. The molecule has 0 unspecified atom stereocenters. The van der Waals surface area contributed by atoms with Gasteiger partial charge in [-0.2, -0.15) is 0 Å². The van der Waals surface area contributed by atoms with E-state index in [9.17, 15) is 39.2 Å². The number of nitro groups is 1. The molecule has 0 radical (unpaired) electrons. The van der Waals surface area contributed by atoms with Crippen molar-refractivity contribution in [3.63, 3.8) is 0 Å². The Morgan fingerprint density at radius 2 is 1.23 bits per heavy atom. The molecule has 0 spiro atoms. The van der Waals surface area contributed by atoms with Crippen molar-refractivity contribution < 1.29 is 62.8 Å². The van der Waals surface area contributed by atoms with Crippen LogP contribution in [0.25, 0.3) is 0 Å². The third-order valence-corrected chi connectivity index (χ3v) is 9.99. The van der Waals surface area contributed by atoms with Crippen LogP contribution in [0.1, 0.15) is 144 Å². The van der Waals surface area contributed by atoms with Crippen molar-refractivity contribution in [2.24, 2.45) is 0 Å². The Kier molecular flexibility index (Phi) is 24.1. The molecule has 0 aliphatic heterocycles. The number of para-hydroxylation sites is 1. The van der Waals surface area contributed by atoms with E-state index < -0.39 is 45.6 Å². The molecular formula is C50H60N2O14. The molecule has 0 aliphatic carbocycles. The number of nitrogens with two attached hydrogens (primary N) is 1. The average molecular weight is 913 g/mol. The lowest BCUT2D eigenvalue weighted by Crippen LogP contribution is -2.14. The van der Waals surface area contributed by atoms with E-state index >= 15 is 0 Å². The summed E-state index contributed by atoms with van der Waals surface area (Å²) in [7, 11) is 0. The standard InChI is InChI=1S/C31H32N2O11.C19H28O3/c1-2-3-4-5-6-7-14-42-27-17-25(32)24(16-26(27)33(40)41)31(39)44-21-11-8-19(9-12-21)18-43-30(38)23-15-20(28(34)35)10-13-22(23)29(36)37;1-2-19(20)22-17-13-8-6-4-3-5-7-12-16-21-18-14-10-9-11-15-18/h8-13,15-17H,2-7,14,18,32H2,1H3,(H,34,35)(H,36,37);2,9-11,14-15H,1,3-8,12-13,16-17H2. The number of nitrogens with zero attached hydrogens (tertiary/aromatic N) is 1. The highest BCUT2D eigenvalue weighted by Crippen LogP contribution is 2.33. The number of nitro benzene ring substituents is 1. The van der Waals surface area contributed by atoms with Gasteiger partial charge in [0, 0.05) is 18.2 Å². The minimum Gasteiger partial charge on any atom is -0.494 e. The predicted molar refractivity (Wildman–Crippen MR) is 247 cm³/mol. The summed E-state index contributed by atoms with van der Waals surface area (Å²) in [5.74, 6) is -4.09. The molecule has 0 aromatic heterocycles. The smallest absolute Gasteiger partial charge is 0.345 e. The highest BCUT2D eigenvalue weighted by atomic mass is 16.6. The molecule has 66 heavy (non-hydrogen) atoms. The summed E-state index contributed by atoms with van der Waals surface area (Å²) in [6.45, 7) is 6.78. The number of carboxylic acids is 2. The van der Waals surface area contributed by atoms with Gasteiger partial charge in [0.15, 0.2) is 5.75 Å². The van der Waals surface area contributed by atoms with E-state index in [0.717, 1.165) is 94.4 Å². The first-order chi connectivity index (χ1) is 31.8. The number of rotatable bonds is 29. The molecule has 0 bridgehead atoms. The number of nitrogen functional groups attached to an aromatic ring is 1. The number of carbonyl (C=O) groups excluding carboxylic acids is 3. The number of carbonyl (C=O) groups is 5. The molecule has 0 heterocycles. The second-order valence-electron chi connectivity index (χ2n) is 15.1. The van der Waals surface area contributed by atoms with Gasteiger partial charge >= 0.3 is 35.5 Å². The van der Waals surface area contributed by atoms with Crippen LogP contribution in [0.3, 0.4) is 0 Å². The van der Waals surface area contributed by atoms with Crippen molar-refractivity contribution in [3.05, 3.63) is 136 Å². The maximum Gasteiger partial charge on any atom is 0.345 e. The lowest BCUT2D eigenvalue weighted by Gasteiger charge is -2.11. The molecule has 16 nitrogen and oxygen atoms in total. The zero-order valence-electron chi connectivity index (χ0n) is 37.4. The van der Waals surface area contributed by atoms with E-state index in [1.165, 1.54) is 68.5 Å². The van der Waals surface area contributed by atoms with Gasteiger partial charge in [-0.1, -0.05) is 114 Å². The Morgan fingerprint density at radius 1 is 0.636 bits per heavy atom.